The minimum atomic E-state index is -0.380. The van der Waals surface area contributed by atoms with Crippen LogP contribution >= 0.6 is 0 Å². The van der Waals surface area contributed by atoms with Gasteiger partial charge in [-0.05, 0) is 32.1 Å². The van der Waals surface area contributed by atoms with Crippen LogP contribution < -0.4 is 15.5 Å². The van der Waals surface area contributed by atoms with Crippen molar-refractivity contribution < 1.29 is 4.74 Å². The number of fused-ring (bicyclic) bond motifs is 7. The molecule has 2 aliphatic heterocycles. The molecule has 0 aliphatic carbocycles. The van der Waals surface area contributed by atoms with Crippen LogP contribution in [-0.4, -0.2) is 32.0 Å². The van der Waals surface area contributed by atoms with E-state index in [0.29, 0.717) is 34.4 Å². The summed E-state index contributed by atoms with van der Waals surface area (Å²) in [6, 6.07) is 9.86. The van der Waals surface area contributed by atoms with Gasteiger partial charge in [-0.1, -0.05) is 17.7 Å². The Balaban J connectivity index is 1.85. The first-order valence-electron chi connectivity index (χ1n) is 9.93. The van der Waals surface area contributed by atoms with Gasteiger partial charge in [-0.15, -0.1) is 10.2 Å². The van der Waals surface area contributed by atoms with E-state index in [1.54, 1.807) is 30.4 Å². The summed E-state index contributed by atoms with van der Waals surface area (Å²) in [5, 5.41) is 28.7. The molecule has 0 spiro atoms. The molecule has 1 atom stereocenters. The lowest BCUT2D eigenvalue weighted by Gasteiger charge is -2.27. The first-order chi connectivity index (χ1) is 15.5. The molecule has 2 aliphatic rings. The maximum atomic E-state index is 9.76. The van der Waals surface area contributed by atoms with Gasteiger partial charge in [-0.2, -0.15) is 15.5 Å². The maximum absolute atomic E-state index is 9.76. The molecule has 10 nitrogen and oxygen atoms in total. The third-order valence-electron chi connectivity index (χ3n) is 5.28. The third-order valence-corrected chi connectivity index (χ3v) is 5.28. The molecule has 0 saturated heterocycles. The van der Waals surface area contributed by atoms with Gasteiger partial charge in [0.05, 0.1) is 11.3 Å². The topological polar surface area (TPSA) is 131 Å². The first-order valence-corrected chi connectivity index (χ1v) is 9.93. The third kappa shape index (κ3) is 3.07. The van der Waals surface area contributed by atoms with Gasteiger partial charge >= 0.3 is 0 Å². The fourth-order valence-corrected chi connectivity index (χ4v) is 3.74. The fraction of sp³-hybridized carbons (Fsp3) is 0.182. The lowest BCUT2D eigenvalue weighted by molar-refractivity contribution is 0.227. The standard InChI is InChI=1S/C22H19N9O/c1-12-6-7-16-14(9-12)13(2)32-18-10-15(27-28-21(18)24)20-17(11-23)30(3)29-22(20)26-19-5-4-8-25-31(16)19/h4-10,13H,1-3H3,(H2,24,28)/t13-/m1/s1. The molecule has 3 aromatic rings. The Kier molecular flexibility index (Phi) is 4.44. The normalized spacial score (nSPS) is 16.5. The number of nitriles is 1. The van der Waals surface area contributed by atoms with E-state index in [-0.39, 0.29) is 11.9 Å². The molecule has 32 heavy (non-hydrogen) atoms. The quantitative estimate of drug-likeness (QED) is 0.585. The Morgan fingerprint density at radius 1 is 1.22 bits per heavy atom. The Morgan fingerprint density at radius 2 is 2.06 bits per heavy atom. The van der Waals surface area contributed by atoms with Crippen LogP contribution in [0.4, 0.5) is 17.3 Å². The van der Waals surface area contributed by atoms with Crippen molar-refractivity contribution in [2.75, 3.05) is 10.7 Å². The highest BCUT2D eigenvalue weighted by Gasteiger charge is 2.26. The number of aromatic nitrogens is 4. The summed E-state index contributed by atoms with van der Waals surface area (Å²) in [5.74, 6) is 1.37. The molecule has 158 valence electrons. The number of aryl methyl sites for hydroxylation is 2. The summed E-state index contributed by atoms with van der Waals surface area (Å²) in [6.45, 7) is 3.95. The van der Waals surface area contributed by atoms with Gasteiger partial charge in [0.2, 0.25) is 0 Å². The maximum Gasteiger partial charge on any atom is 0.188 e. The van der Waals surface area contributed by atoms with Gasteiger partial charge in [-0.25, -0.2) is 10.0 Å². The number of nitrogens with two attached hydrogens (primary N) is 1. The van der Waals surface area contributed by atoms with Crippen molar-refractivity contribution in [1.82, 2.24) is 20.0 Å². The second-order valence-corrected chi connectivity index (χ2v) is 7.49. The number of anilines is 2. The van der Waals surface area contributed by atoms with Crippen LogP contribution in [0.15, 0.2) is 46.5 Å². The predicted octanol–water partition coefficient (Wildman–Crippen LogP) is 3.19. The number of amidine groups is 1. The number of benzene rings is 1. The fourth-order valence-electron chi connectivity index (χ4n) is 3.74. The Morgan fingerprint density at radius 3 is 2.88 bits per heavy atom. The number of ether oxygens (including phenoxy) is 1. The summed E-state index contributed by atoms with van der Waals surface area (Å²) in [5.41, 5.74) is 10.00. The van der Waals surface area contributed by atoms with Crippen LogP contribution in [0.2, 0.25) is 0 Å². The van der Waals surface area contributed by atoms with Crippen LogP contribution in [-0.2, 0) is 7.05 Å². The van der Waals surface area contributed by atoms with E-state index in [1.807, 2.05) is 38.1 Å². The molecule has 10 heteroatoms. The molecule has 0 unspecified atom stereocenters. The molecule has 2 N–H and O–H groups in total. The highest BCUT2D eigenvalue weighted by atomic mass is 16.5. The van der Waals surface area contributed by atoms with Crippen molar-refractivity contribution in [2.45, 2.75) is 20.0 Å². The summed E-state index contributed by atoms with van der Waals surface area (Å²) >= 11 is 0. The second-order valence-electron chi connectivity index (χ2n) is 7.49. The summed E-state index contributed by atoms with van der Waals surface area (Å²) < 4.78 is 7.71. The molecule has 4 heterocycles. The van der Waals surface area contributed by atoms with E-state index in [2.05, 4.69) is 26.5 Å². The number of aliphatic imine (C=N–C) groups is 1. The lowest BCUT2D eigenvalue weighted by Crippen LogP contribution is -2.27. The van der Waals surface area contributed by atoms with E-state index in [9.17, 15) is 5.26 Å². The number of rotatable bonds is 0. The number of hydrazone groups is 1. The average molecular weight is 425 g/mol. The van der Waals surface area contributed by atoms with E-state index < -0.39 is 0 Å². The van der Waals surface area contributed by atoms with Crippen molar-refractivity contribution in [3.63, 3.8) is 0 Å². The van der Waals surface area contributed by atoms with Gasteiger partial charge in [0, 0.05) is 24.9 Å². The van der Waals surface area contributed by atoms with Gasteiger partial charge in [0.1, 0.15) is 23.6 Å². The van der Waals surface area contributed by atoms with E-state index >= 15 is 0 Å². The summed E-state index contributed by atoms with van der Waals surface area (Å²) in [6.07, 6.45) is 4.93. The van der Waals surface area contributed by atoms with Crippen molar-refractivity contribution in [1.29, 1.82) is 5.26 Å². The number of hydrogen-bond donors (Lipinski definition) is 1. The van der Waals surface area contributed by atoms with Crippen LogP contribution in [0.25, 0.3) is 11.3 Å². The van der Waals surface area contributed by atoms with E-state index in [0.717, 1.165) is 16.8 Å². The summed E-state index contributed by atoms with van der Waals surface area (Å²) in [4.78, 5) is 4.77. The van der Waals surface area contributed by atoms with E-state index in [1.165, 1.54) is 4.68 Å². The molecule has 0 fully saturated rings. The minimum Gasteiger partial charge on any atom is -0.482 e. The van der Waals surface area contributed by atoms with E-state index in [4.69, 9.17) is 15.5 Å². The Hall–Kier alpha value is -4.52. The average Bonchev–Trinajstić information content (AvgIpc) is 3.09. The smallest absolute Gasteiger partial charge is 0.188 e. The van der Waals surface area contributed by atoms with Crippen molar-refractivity contribution in [3.05, 3.63) is 53.2 Å². The molecule has 2 bridgehead atoms. The molecule has 0 amide bonds. The highest BCUT2D eigenvalue weighted by Crippen LogP contribution is 2.38. The van der Waals surface area contributed by atoms with Crippen LogP contribution in [0.3, 0.4) is 0 Å². The first kappa shape index (κ1) is 19.4. The molecule has 0 radical (unpaired) electrons. The number of nitrogen functional groups attached to an aromatic ring is 1. The predicted molar refractivity (Wildman–Crippen MR) is 121 cm³/mol. The molecule has 2 aromatic heterocycles. The Labute approximate surface area is 184 Å². The van der Waals surface area contributed by atoms with Gasteiger partial charge in [0.15, 0.2) is 23.2 Å². The number of nitrogens with zero attached hydrogens (tertiary/aromatic N) is 8. The largest absolute Gasteiger partial charge is 0.482 e. The van der Waals surface area contributed by atoms with Crippen LogP contribution in [0.1, 0.15) is 29.8 Å². The Bertz CT molecular complexity index is 1380. The number of allylic oxidation sites excluding steroid dienone is 1. The van der Waals surface area contributed by atoms with Crippen molar-refractivity contribution in [2.24, 2.45) is 17.1 Å². The minimum absolute atomic E-state index is 0.152. The zero-order chi connectivity index (χ0) is 22.4. The molecule has 0 saturated carbocycles. The SMILES string of the molecule is Cc1ccc2c(c1)[C@@H](C)Oc1cc(nnc1N)-c1c(nn(C)c1C#N)N=C1C=CC=NN12. The van der Waals surface area contributed by atoms with Gasteiger partial charge in [-0.3, -0.25) is 4.68 Å². The zero-order valence-electron chi connectivity index (χ0n) is 17.7. The summed E-state index contributed by atoms with van der Waals surface area (Å²) in [7, 11) is 1.68. The molecule has 5 rings (SSSR count). The zero-order valence-corrected chi connectivity index (χ0v) is 17.7. The van der Waals surface area contributed by atoms with Crippen LogP contribution in [0.5, 0.6) is 5.75 Å². The highest BCUT2D eigenvalue weighted by molar-refractivity contribution is 6.11. The van der Waals surface area contributed by atoms with Crippen LogP contribution in [0, 0.1) is 18.3 Å². The second kappa shape index (κ2) is 7.31. The molecule has 1 aromatic carbocycles. The lowest BCUT2D eigenvalue weighted by atomic mass is 10.0. The number of hydrogen-bond acceptors (Lipinski definition) is 9. The monoisotopic (exact) mass is 425 g/mol. The van der Waals surface area contributed by atoms with Gasteiger partial charge < -0.3 is 10.5 Å². The van der Waals surface area contributed by atoms with Crippen molar-refractivity contribution >= 4 is 29.4 Å². The molecular formula is C22H19N9O. The van der Waals surface area contributed by atoms with Gasteiger partial charge in [0.25, 0.3) is 0 Å². The molecular weight excluding hydrogens is 406 g/mol. The van der Waals surface area contributed by atoms with Crippen molar-refractivity contribution in [3.8, 4) is 23.1 Å².